The van der Waals surface area contributed by atoms with Crippen molar-refractivity contribution in [3.05, 3.63) is 30.0 Å². The third kappa shape index (κ3) is 2.59. The monoisotopic (exact) mass is 308 g/mol. The van der Waals surface area contributed by atoms with E-state index in [1.54, 1.807) is 13.0 Å². The van der Waals surface area contributed by atoms with E-state index in [9.17, 15) is 8.42 Å². The van der Waals surface area contributed by atoms with Gasteiger partial charge in [0.05, 0.1) is 12.2 Å². The SMILES string of the molecule is Cc1c(S(N)(=O)=O)c2ccccc2n1CC1CCC(C)O1. The molecule has 0 amide bonds. The van der Waals surface area contributed by atoms with Crippen LogP contribution in [0.15, 0.2) is 29.2 Å². The maximum absolute atomic E-state index is 11.9. The van der Waals surface area contributed by atoms with Crippen LogP contribution in [0.5, 0.6) is 0 Å². The van der Waals surface area contributed by atoms with Crippen LogP contribution >= 0.6 is 0 Å². The standard InChI is InChI=1S/C15H20N2O3S/c1-10-7-8-12(20-10)9-17-11(2)15(21(16,18)19)13-5-3-4-6-14(13)17/h3-6,10,12H,7-9H2,1-2H3,(H2,16,18,19). The van der Waals surface area contributed by atoms with Gasteiger partial charge in [0.15, 0.2) is 0 Å². The van der Waals surface area contributed by atoms with Gasteiger partial charge in [0, 0.05) is 23.1 Å². The molecular formula is C15H20N2O3S. The van der Waals surface area contributed by atoms with Crippen molar-refractivity contribution in [1.82, 2.24) is 4.57 Å². The molecule has 1 aliphatic heterocycles. The number of sulfonamides is 1. The Balaban J connectivity index is 2.12. The van der Waals surface area contributed by atoms with Crippen molar-refractivity contribution in [2.24, 2.45) is 5.14 Å². The van der Waals surface area contributed by atoms with E-state index in [-0.39, 0.29) is 17.1 Å². The summed E-state index contributed by atoms with van der Waals surface area (Å²) in [6.07, 6.45) is 2.45. The van der Waals surface area contributed by atoms with Gasteiger partial charge in [-0.2, -0.15) is 0 Å². The Kier molecular flexibility index (Phi) is 3.55. The van der Waals surface area contributed by atoms with Crippen molar-refractivity contribution < 1.29 is 13.2 Å². The van der Waals surface area contributed by atoms with Crippen molar-refractivity contribution >= 4 is 20.9 Å². The lowest BCUT2D eigenvalue weighted by Gasteiger charge is -2.15. The number of nitrogens with zero attached hydrogens (tertiary/aromatic N) is 1. The maximum Gasteiger partial charge on any atom is 0.240 e. The topological polar surface area (TPSA) is 74.3 Å². The molecule has 6 heteroatoms. The molecule has 1 saturated heterocycles. The van der Waals surface area contributed by atoms with Crippen LogP contribution in [0.25, 0.3) is 10.9 Å². The van der Waals surface area contributed by atoms with Crippen molar-refractivity contribution in [2.75, 3.05) is 0 Å². The lowest BCUT2D eigenvalue weighted by molar-refractivity contribution is 0.0461. The van der Waals surface area contributed by atoms with Crippen LogP contribution in [0.3, 0.4) is 0 Å². The molecule has 2 unspecified atom stereocenters. The predicted molar refractivity (Wildman–Crippen MR) is 81.6 cm³/mol. The van der Waals surface area contributed by atoms with Gasteiger partial charge < -0.3 is 9.30 Å². The van der Waals surface area contributed by atoms with Gasteiger partial charge in [-0.05, 0) is 32.8 Å². The molecule has 0 spiro atoms. The molecule has 0 saturated carbocycles. The van der Waals surface area contributed by atoms with Gasteiger partial charge in [-0.25, -0.2) is 13.6 Å². The third-order valence-corrected chi connectivity index (χ3v) is 5.25. The van der Waals surface area contributed by atoms with E-state index in [0.29, 0.717) is 17.6 Å². The molecule has 1 aliphatic rings. The highest BCUT2D eigenvalue weighted by Crippen LogP contribution is 2.31. The van der Waals surface area contributed by atoms with Crippen molar-refractivity contribution in [1.29, 1.82) is 0 Å². The first kappa shape index (κ1) is 14.6. The summed E-state index contributed by atoms with van der Waals surface area (Å²) >= 11 is 0. The fourth-order valence-corrected chi connectivity index (χ4v) is 4.22. The zero-order valence-electron chi connectivity index (χ0n) is 12.2. The van der Waals surface area contributed by atoms with Gasteiger partial charge in [-0.15, -0.1) is 0 Å². The number of aromatic nitrogens is 1. The number of ether oxygens (including phenoxy) is 1. The molecular weight excluding hydrogens is 288 g/mol. The Morgan fingerprint density at radius 3 is 2.67 bits per heavy atom. The van der Waals surface area contributed by atoms with E-state index in [0.717, 1.165) is 18.4 Å². The van der Waals surface area contributed by atoms with E-state index in [4.69, 9.17) is 9.88 Å². The highest BCUT2D eigenvalue weighted by molar-refractivity contribution is 7.89. The van der Waals surface area contributed by atoms with E-state index in [1.807, 2.05) is 22.8 Å². The van der Waals surface area contributed by atoms with Crippen LogP contribution in [-0.2, 0) is 21.3 Å². The predicted octanol–water partition coefficient (Wildman–Crippen LogP) is 2.16. The van der Waals surface area contributed by atoms with E-state index < -0.39 is 10.0 Å². The van der Waals surface area contributed by atoms with Gasteiger partial charge in [0.1, 0.15) is 4.90 Å². The van der Waals surface area contributed by atoms with Crippen molar-refractivity contribution in [2.45, 2.75) is 50.3 Å². The normalized spacial score (nSPS) is 23.0. The fraction of sp³-hybridized carbons (Fsp3) is 0.467. The van der Waals surface area contributed by atoms with E-state index in [2.05, 4.69) is 6.92 Å². The molecule has 0 aliphatic carbocycles. The van der Waals surface area contributed by atoms with E-state index in [1.165, 1.54) is 0 Å². The Morgan fingerprint density at radius 2 is 2.05 bits per heavy atom. The molecule has 21 heavy (non-hydrogen) atoms. The number of benzene rings is 1. The molecule has 1 aromatic heterocycles. The minimum Gasteiger partial charge on any atom is -0.373 e. The van der Waals surface area contributed by atoms with Gasteiger partial charge in [-0.1, -0.05) is 18.2 Å². The zero-order chi connectivity index (χ0) is 15.2. The highest BCUT2D eigenvalue weighted by Gasteiger charge is 2.26. The summed E-state index contributed by atoms with van der Waals surface area (Å²) in [5.41, 5.74) is 1.57. The number of para-hydroxylation sites is 1. The summed E-state index contributed by atoms with van der Waals surface area (Å²) in [7, 11) is -3.75. The summed E-state index contributed by atoms with van der Waals surface area (Å²) < 4.78 is 31.7. The molecule has 5 nitrogen and oxygen atoms in total. The largest absolute Gasteiger partial charge is 0.373 e. The van der Waals surface area contributed by atoms with Crippen LogP contribution in [0.4, 0.5) is 0 Å². The molecule has 2 N–H and O–H groups in total. The Morgan fingerprint density at radius 1 is 1.33 bits per heavy atom. The van der Waals surface area contributed by atoms with Crippen molar-refractivity contribution in [3.8, 4) is 0 Å². The molecule has 1 aromatic carbocycles. The molecule has 0 bridgehead atoms. The van der Waals surface area contributed by atoms with Gasteiger partial charge in [0.25, 0.3) is 0 Å². The number of primary sulfonamides is 1. The lowest BCUT2D eigenvalue weighted by atomic mass is 10.2. The highest BCUT2D eigenvalue weighted by atomic mass is 32.2. The first-order valence-electron chi connectivity index (χ1n) is 7.14. The zero-order valence-corrected chi connectivity index (χ0v) is 13.1. The Labute approximate surface area is 124 Å². The van der Waals surface area contributed by atoms with Gasteiger partial charge in [0.2, 0.25) is 10.0 Å². The van der Waals surface area contributed by atoms with E-state index >= 15 is 0 Å². The lowest BCUT2D eigenvalue weighted by Crippen LogP contribution is -2.18. The fourth-order valence-electron chi connectivity index (χ4n) is 3.22. The molecule has 2 atom stereocenters. The molecule has 2 heterocycles. The number of hydrogen-bond donors (Lipinski definition) is 1. The number of rotatable bonds is 3. The summed E-state index contributed by atoms with van der Waals surface area (Å²) in [6, 6.07) is 7.46. The van der Waals surface area contributed by atoms with Crippen LogP contribution in [0, 0.1) is 6.92 Å². The van der Waals surface area contributed by atoms with Crippen LogP contribution < -0.4 is 5.14 Å². The second-order valence-electron chi connectivity index (χ2n) is 5.73. The molecule has 3 rings (SSSR count). The molecule has 1 fully saturated rings. The Bertz CT molecular complexity index is 780. The average Bonchev–Trinajstić information content (AvgIpc) is 2.92. The second kappa shape index (κ2) is 5.12. The van der Waals surface area contributed by atoms with Crippen LogP contribution in [0.1, 0.15) is 25.5 Å². The number of fused-ring (bicyclic) bond motifs is 1. The Hall–Kier alpha value is -1.37. The van der Waals surface area contributed by atoms with Crippen molar-refractivity contribution in [3.63, 3.8) is 0 Å². The summed E-state index contributed by atoms with van der Waals surface area (Å²) in [6.45, 7) is 4.53. The quantitative estimate of drug-likeness (QED) is 0.944. The van der Waals surface area contributed by atoms with Gasteiger partial charge in [-0.3, -0.25) is 0 Å². The minimum absolute atomic E-state index is 0.128. The number of hydrogen-bond acceptors (Lipinski definition) is 3. The summed E-state index contributed by atoms with van der Waals surface area (Å²) in [5, 5.41) is 6.08. The molecule has 114 valence electrons. The minimum atomic E-state index is -3.75. The first-order valence-corrected chi connectivity index (χ1v) is 8.68. The third-order valence-electron chi connectivity index (χ3n) is 4.16. The van der Waals surface area contributed by atoms with Crippen LogP contribution in [-0.4, -0.2) is 25.2 Å². The van der Waals surface area contributed by atoms with Gasteiger partial charge >= 0.3 is 0 Å². The molecule has 0 radical (unpaired) electrons. The first-order chi connectivity index (χ1) is 9.88. The van der Waals surface area contributed by atoms with Crippen LogP contribution in [0.2, 0.25) is 0 Å². The smallest absolute Gasteiger partial charge is 0.240 e. The average molecular weight is 308 g/mol. The molecule has 2 aromatic rings. The second-order valence-corrected chi connectivity index (χ2v) is 7.23. The summed E-state index contributed by atoms with van der Waals surface area (Å²) in [5.74, 6) is 0. The maximum atomic E-state index is 11.9. The number of nitrogens with two attached hydrogens (primary N) is 1. The summed E-state index contributed by atoms with van der Waals surface area (Å²) in [4.78, 5) is 0.226.